The van der Waals surface area contributed by atoms with Crippen LogP contribution in [0, 0.1) is 0 Å². The van der Waals surface area contributed by atoms with Crippen molar-refractivity contribution >= 4 is 28.5 Å². The van der Waals surface area contributed by atoms with E-state index < -0.39 is 0 Å². The molecular weight excluding hydrogens is 265 g/mol. The van der Waals surface area contributed by atoms with Crippen LogP contribution in [0.15, 0.2) is 12.2 Å². The van der Waals surface area contributed by atoms with E-state index in [-0.39, 0.29) is 5.91 Å². The van der Waals surface area contributed by atoms with Crippen LogP contribution in [0.2, 0.25) is 0 Å². The molecule has 0 aromatic carbocycles. The number of hydrogen-bond acceptors (Lipinski definition) is 1. The monoisotopic (exact) mass is 279 g/mol. The van der Waals surface area contributed by atoms with Crippen molar-refractivity contribution in [3.63, 3.8) is 0 Å². The lowest BCUT2D eigenvalue weighted by molar-refractivity contribution is -0.128. The number of hydrogen-bond donors (Lipinski definition) is 0. The lowest BCUT2D eigenvalue weighted by Crippen LogP contribution is -2.37. The molecule has 0 saturated heterocycles. The maximum Gasteiger partial charge on any atom is 0.232 e. The Morgan fingerprint density at radius 3 is 3.00 bits per heavy atom. The Kier molecular flexibility index (Phi) is 4.05. The molecule has 0 aromatic heterocycles. The van der Waals surface area contributed by atoms with Crippen molar-refractivity contribution in [1.82, 2.24) is 4.90 Å². The zero-order chi connectivity index (χ0) is 8.97. The minimum atomic E-state index is 0.229. The standard InChI is InChI=1S/C9H14INO/c1-11(9(12)7-10)8-5-3-2-4-6-8/h3,5,8H,2,4,6-7H2,1H3. The van der Waals surface area contributed by atoms with Gasteiger partial charge in [-0.25, -0.2) is 0 Å². The number of rotatable bonds is 2. The third-order valence-corrected chi connectivity index (χ3v) is 2.89. The van der Waals surface area contributed by atoms with Crippen molar-refractivity contribution in [3.8, 4) is 0 Å². The summed E-state index contributed by atoms with van der Waals surface area (Å²) in [6.45, 7) is 0. The lowest BCUT2D eigenvalue weighted by Gasteiger charge is -2.27. The van der Waals surface area contributed by atoms with Gasteiger partial charge >= 0.3 is 0 Å². The van der Waals surface area contributed by atoms with Gasteiger partial charge in [-0.05, 0) is 19.3 Å². The molecule has 1 unspecified atom stereocenters. The first-order chi connectivity index (χ1) is 5.75. The van der Waals surface area contributed by atoms with Gasteiger partial charge in [0.1, 0.15) is 0 Å². The molecule has 0 fully saturated rings. The SMILES string of the molecule is CN(C(=O)CI)C1C=CCCC1. The number of carbonyl (C=O) groups excluding carboxylic acids is 1. The fourth-order valence-electron chi connectivity index (χ4n) is 1.40. The molecule has 0 bridgehead atoms. The molecule has 0 radical (unpaired) electrons. The third kappa shape index (κ3) is 2.47. The highest BCUT2D eigenvalue weighted by Crippen LogP contribution is 2.15. The molecule has 0 saturated carbocycles. The van der Waals surface area contributed by atoms with Crippen molar-refractivity contribution < 1.29 is 4.79 Å². The molecule has 2 nitrogen and oxygen atoms in total. The van der Waals surface area contributed by atoms with Gasteiger partial charge in [0, 0.05) is 13.1 Å². The smallest absolute Gasteiger partial charge is 0.232 e. The van der Waals surface area contributed by atoms with E-state index in [1.807, 2.05) is 11.9 Å². The van der Waals surface area contributed by atoms with Gasteiger partial charge in [-0.1, -0.05) is 34.7 Å². The summed E-state index contributed by atoms with van der Waals surface area (Å²) in [7, 11) is 1.89. The maximum absolute atomic E-state index is 11.3. The summed E-state index contributed by atoms with van der Waals surface area (Å²) in [5.41, 5.74) is 0. The lowest BCUT2D eigenvalue weighted by atomic mass is 10.0. The van der Waals surface area contributed by atoms with E-state index in [9.17, 15) is 4.79 Å². The number of allylic oxidation sites excluding steroid dienone is 1. The van der Waals surface area contributed by atoms with Crippen LogP contribution in [-0.4, -0.2) is 28.3 Å². The number of amides is 1. The number of carbonyl (C=O) groups is 1. The Balaban J connectivity index is 2.50. The highest BCUT2D eigenvalue weighted by atomic mass is 127. The fourth-order valence-corrected chi connectivity index (χ4v) is 1.93. The quantitative estimate of drug-likeness (QED) is 0.430. The predicted octanol–water partition coefficient (Wildman–Crippen LogP) is 1.99. The van der Waals surface area contributed by atoms with E-state index in [0.29, 0.717) is 10.5 Å². The second-order valence-corrected chi connectivity index (χ2v) is 3.83. The summed E-state index contributed by atoms with van der Waals surface area (Å²) in [5, 5.41) is 0. The molecule has 0 spiro atoms. The third-order valence-electron chi connectivity index (χ3n) is 2.23. The molecule has 0 heterocycles. The fraction of sp³-hybridized carbons (Fsp3) is 0.667. The zero-order valence-electron chi connectivity index (χ0n) is 7.29. The van der Waals surface area contributed by atoms with Crippen LogP contribution in [0.25, 0.3) is 0 Å². The summed E-state index contributed by atoms with van der Waals surface area (Å²) in [6, 6.07) is 0.348. The van der Waals surface area contributed by atoms with Crippen LogP contribution < -0.4 is 0 Å². The second-order valence-electron chi connectivity index (χ2n) is 3.06. The Labute approximate surface area is 87.1 Å². The molecule has 12 heavy (non-hydrogen) atoms. The summed E-state index contributed by atoms with van der Waals surface area (Å²) in [5.74, 6) is 0.229. The summed E-state index contributed by atoms with van der Waals surface area (Å²) >= 11 is 2.11. The Hall–Kier alpha value is -0.0600. The van der Waals surface area contributed by atoms with E-state index in [0.717, 1.165) is 6.42 Å². The first-order valence-corrected chi connectivity index (χ1v) is 5.76. The molecule has 68 valence electrons. The van der Waals surface area contributed by atoms with Gasteiger partial charge in [-0.2, -0.15) is 0 Å². The van der Waals surface area contributed by atoms with Crippen LogP contribution in [0.4, 0.5) is 0 Å². The van der Waals surface area contributed by atoms with Crippen LogP contribution in [0.1, 0.15) is 19.3 Å². The molecular formula is C9H14INO. The number of halogens is 1. The van der Waals surface area contributed by atoms with E-state index in [2.05, 4.69) is 34.7 Å². The summed E-state index contributed by atoms with van der Waals surface area (Å²) in [6.07, 6.45) is 7.82. The van der Waals surface area contributed by atoms with Crippen molar-refractivity contribution in [2.75, 3.05) is 11.5 Å². The molecule has 0 aliphatic heterocycles. The minimum absolute atomic E-state index is 0.229. The first kappa shape index (κ1) is 10.0. The molecule has 1 rings (SSSR count). The zero-order valence-corrected chi connectivity index (χ0v) is 9.45. The van der Waals surface area contributed by atoms with E-state index >= 15 is 0 Å². The Morgan fingerprint density at radius 2 is 2.50 bits per heavy atom. The number of likely N-dealkylation sites (N-methyl/N-ethyl adjacent to an activating group) is 1. The molecule has 1 aliphatic carbocycles. The van der Waals surface area contributed by atoms with Gasteiger partial charge in [0.2, 0.25) is 5.91 Å². The van der Waals surface area contributed by atoms with Crippen molar-refractivity contribution in [2.24, 2.45) is 0 Å². The summed E-state index contributed by atoms with van der Waals surface area (Å²) < 4.78 is 0.582. The Morgan fingerprint density at radius 1 is 1.75 bits per heavy atom. The van der Waals surface area contributed by atoms with Crippen LogP contribution in [-0.2, 0) is 4.79 Å². The van der Waals surface area contributed by atoms with Gasteiger partial charge in [0.05, 0.1) is 4.43 Å². The average Bonchev–Trinajstić information content (AvgIpc) is 2.17. The number of nitrogens with zero attached hydrogens (tertiary/aromatic N) is 1. The normalized spacial score (nSPS) is 22.3. The molecule has 0 aromatic rings. The van der Waals surface area contributed by atoms with Gasteiger partial charge in [-0.3, -0.25) is 4.79 Å². The predicted molar refractivity (Wildman–Crippen MR) is 58.4 cm³/mol. The van der Waals surface area contributed by atoms with Crippen molar-refractivity contribution in [3.05, 3.63) is 12.2 Å². The highest BCUT2D eigenvalue weighted by Gasteiger charge is 2.17. The highest BCUT2D eigenvalue weighted by molar-refractivity contribution is 14.1. The van der Waals surface area contributed by atoms with Crippen molar-refractivity contribution in [2.45, 2.75) is 25.3 Å². The summed E-state index contributed by atoms with van der Waals surface area (Å²) in [4.78, 5) is 13.1. The molecule has 0 N–H and O–H groups in total. The first-order valence-electron chi connectivity index (χ1n) is 4.24. The average molecular weight is 279 g/mol. The van der Waals surface area contributed by atoms with Gasteiger partial charge < -0.3 is 4.90 Å². The molecule has 1 atom stereocenters. The Bertz CT molecular complexity index is 191. The van der Waals surface area contributed by atoms with E-state index in [1.54, 1.807) is 0 Å². The van der Waals surface area contributed by atoms with Gasteiger partial charge in [-0.15, -0.1) is 0 Å². The van der Waals surface area contributed by atoms with Crippen LogP contribution in [0.3, 0.4) is 0 Å². The minimum Gasteiger partial charge on any atom is -0.339 e. The van der Waals surface area contributed by atoms with Crippen molar-refractivity contribution in [1.29, 1.82) is 0 Å². The number of alkyl halides is 1. The van der Waals surface area contributed by atoms with E-state index in [4.69, 9.17) is 0 Å². The van der Waals surface area contributed by atoms with Gasteiger partial charge in [0.25, 0.3) is 0 Å². The largest absolute Gasteiger partial charge is 0.339 e. The molecule has 1 aliphatic rings. The van der Waals surface area contributed by atoms with Gasteiger partial charge in [0.15, 0.2) is 0 Å². The molecule has 1 amide bonds. The second kappa shape index (κ2) is 4.84. The van der Waals surface area contributed by atoms with Crippen LogP contribution in [0.5, 0.6) is 0 Å². The van der Waals surface area contributed by atoms with Crippen LogP contribution >= 0.6 is 22.6 Å². The topological polar surface area (TPSA) is 20.3 Å². The molecule has 3 heteroatoms. The van der Waals surface area contributed by atoms with E-state index in [1.165, 1.54) is 12.8 Å². The maximum atomic E-state index is 11.3.